The second-order valence-electron chi connectivity index (χ2n) is 6.40. The molecule has 2 aromatic rings. The maximum Gasteiger partial charge on any atom is 0.243 e. The lowest BCUT2D eigenvalue weighted by Crippen LogP contribution is -2.46. The van der Waals surface area contributed by atoms with Crippen LogP contribution in [0, 0.1) is 0 Å². The molecule has 0 radical (unpaired) electrons. The number of carbonyl (C=O) groups is 1. The van der Waals surface area contributed by atoms with Crippen molar-refractivity contribution in [1.29, 1.82) is 0 Å². The van der Waals surface area contributed by atoms with Gasteiger partial charge in [-0.15, -0.1) is 0 Å². The monoisotopic (exact) mass is 470 g/mol. The Morgan fingerprint density at radius 2 is 1.96 bits per heavy atom. The van der Waals surface area contributed by atoms with Gasteiger partial charge in [-0.25, -0.2) is 8.42 Å². The van der Waals surface area contributed by atoms with E-state index in [1.54, 1.807) is 30.3 Å². The molecule has 0 saturated carbocycles. The van der Waals surface area contributed by atoms with Crippen LogP contribution in [-0.4, -0.2) is 37.8 Å². The first-order chi connectivity index (χ1) is 12.9. The summed E-state index contributed by atoms with van der Waals surface area (Å²) >= 11 is 9.27. The van der Waals surface area contributed by atoms with Crippen LogP contribution >= 0.6 is 27.5 Å². The molecule has 1 fully saturated rings. The van der Waals surface area contributed by atoms with Gasteiger partial charge in [0, 0.05) is 22.6 Å². The number of hydrogen-bond donors (Lipinski definition) is 1. The van der Waals surface area contributed by atoms with E-state index >= 15 is 0 Å². The molecule has 3 rings (SSSR count). The summed E-state index contributed by atoms with van der Waals surface area (Å²) in [6.45, 7) is 0.784. The van der Waals surface area contributed by atoms with Crippen molar-refractivity contribution in [2.75, 3.05) is 13.1 Å². The molecule has 5 nitrogen and oxygen atoms in total. The number of hydrogen-bond acceptors (Lipinski definition) is 3. The van der Waals surface area contributed by atoms with E-state index in [0.29, 0.717) is 37.4 Å². The van der Waals surface area contributed by atoms with Crippen LogP contribution in [0.3, 0.4) is 0 Å². The molecule has 1 aliphatic rings. The van der Waals surface area contributed by atoms with Gasteiger partial charge in [-0.05, 0) is 61.2 Å². The number of carbonyl (C=O) groups excluding carboxylic acids is 1. The van der Waals surface area contributed by atoms with E-state index in [1.165, 1.54) is 4.31 Å². The molecule has 144 valence electrons. The average Bonchev–Trinajstić information content (AvgIpc) is 3.13. The lowest BCUT2D eigenvalue weighted by molar-refractivity contribution is -0.124. The van der Waals surface area contributed by atoms with E-state index in [1.807, 2.05) is 18.2 Å². The lowest BCUT2D eigenvalue weighted by atomic mass is 10.1. The number of amides is 1. The Bertz CT molecular complexity index is 919. The number of rotatable bonds is 6. The van der Waals surface area contributed by atoms with Crippen molar-refractivity contribution in [3.8, 4) is 0 Å². The molecule has 0 aliphatic carbocycles. The first-order valence-electron chi connectivity index (χ1n) is 8.67. The number of nitrogens with zero attached hydrogens (tertiary/aromatic N) is 1. The third kappa shape index (κ3) is 4.90. The van der Waals surface area contributed by atoms with Gasteiger partial charge in [0.25, 0.3) is 0 Å². The predicted octanol–water partition coefficient (Wildman–Crippen LogP) is 3.61. The zero-order chi connectivity index (χ0) is 19.4. The van der Waals surface area contributed by atoms with Crippen LogP contribution in [0.1, 0.15) is 18.4 Å². The van der Waals surface area contributed by atoms with Crippen molar-refractivity contribution in [3.63, 3.8) is 0 Å². The summed E-state index contributed by atoms with van der Waals surface area (Å²) in [6, 6.07) is 13.3. The number of nitrogens with one attached hydrogen (secondary N) is 1. The highest BCUT2D eigenvalue weighted by Crippen LogP contribution is 2.27. The van der Waals surface area contributed by atoms with Gasteiger partial charge < -0.3 is 5.32 Å². The van der Waals surface area contributed by atoms with Crippen LogP contribution < -0.4 is 5.32 Å². The van der Waals surface area contributed by atoms with Gasteiger partial charge in [0.05, 0.1) is 4.90 Å². The third-order valence-corrected chi connectivity index (χ3v) is 7.21. The Morgan fingerprint density at radius 1 is 1.22 bits per heavy atom. The Kier molecular flexibility index (Phi) is 6.57. The highest BCUT2D eigenvalue weighted by molar-refractivity contribution is 9.10. The average molecular weight is 472 g/mol. The third-order valence-electron chi connectivity index (χ3n) is 4.53. The van der Waals surface area contributed by atoms with Gasteiger partial charge in [-0.1, -0.05) is 39.7 Å². The summed E-state index contributed by atoms with van der Waals surface area (Å²) < 4.78 is 27.9. The second-order valence-corrected chi connectivity index (χ2v) is 9.64. The molecule has 1 atom stereocenters. The Morgan fingerprint density at radius 3 is 2.67 bits per heavy atom. The molecule has 0 bridgehead atoms. The minimum Gasteiger partial charge on any atom is -0.354 e. The second kappa shape index (κ2) is 8.73. The molecule has 1 saturated heterocycles. The molecule has 1 amide bonds. The van der Waals surface area contributed by atoms with Crippen LogP contribution in [0.25, 0.3) is 0 Å². The molecule has 1 aliphatic heterocycles. The quantitative estimate of drug-likeness (QED) is 0.700. The number of benzene rings is 2. The molecule has 8 heteroatoms. The van der Waals surface area contributed by atoms with Crippen LogP contribution in [0.15, 0.2) is 57.9 Å². The first kappa shape index (κ1) is 20.3. The molecular formula is C19H20BrClN2O3S. The fourth-order valence-corrected chi connectivity index (χ4v) is 5.31. The van der Waals surface area contributed by atoms with Crippen LogP contribution in [-0.2, 0) is 21.2 Å². The van der Waals surface area contributed by atoms with Gasteiger partial charge in [-0.3, -0.25) is 4.79 Å². The van der Waals surface area contributed by atoms with Gasteiger partial charge in [-0.2, -0.15) is 4.31 Å². The van der Waals surface area contributed by atoms with E-state index in [9.17, 15) is 13.2 Å². The summed E-state index contributed by atoms with van der Waals surface area (Å²) in [7, 11) is -3.70. The smallest absolute Gasteiger partial charge is 0.243 e. The predicted molar refractivity (Wildman–Crippen MR) is 109 cm³/mol. The molecule has 1 heterocycles. The van der Waals surface area contributed by atoms with Gasteiger partial charge in [0.2, 0.25) is 15.9 Å². The summed E-state index contributed by atoms with van der Waals surface area (Å²) in [6.07, 6.45) is 1.83. The van der Waals surface area contributed by atoms with E-state index in [0.717, 1.165) is 10.0 Å². The van der Waals surface area contributed by atoms with Crippen molar-refractivity contribution in [1.82, 2.24) is 9.62 Å². The van der Waals surface area contributed by atoms with Crippen molar-refractivity contribution in [2.24, 2.45) is 0 Å². The van der Waals surface area contributed by atoms with Gasteiger partial charge in [0.1, 0.15) is 6.04 Å². The zero-order valence-electron chi connectivity index (χ0n) is 14.6. The first-order valence-corrected chi connectivity index (χ1v) is 11.3. The fraction of sp³-hybridized carbons (Fsp3) is 0.316. The van der Waals surface area contributed by atoms with Crippen LogP contribution in [0.4, 0.5) is 0 Å². The minimum absolute atomic E-state index is 0.198. The van der Waals surface area contributed by atoms with E-state index in [-0.39, 0.29) is 10.8 Å². The normalized spacial score (nSPS) is 17.8. The molecular weight excluding hydrogens is 452 g/mol. The topological polar surface area (TPSA) is 66.5 Å². The van der Waals surface area contributed by atoms with Crippen LogP contribution in [0.5, 0.6) is 0 Å². The van der Waals surface area contributed by atoms with Gasteiger partial charge in [0.15, 0.2) is 0 Å². The molecule has 27 heavy (non-hydrogen) atoms. The molecule has 1 N–H and O–H groups in total. The van der Waals surface area contributed by atoms with Crippen molar-refractivity contribution in [3.05, 3.63) is 63.6 Å². The van der Waals surface area contributed by atoms with Crippen molar-refractivity contribution >= 4 is 43.5 Å². The maximum absolute atomic E-state index is 12.9. The zero-order valence-corrected chi connectivity index (χ0v) is 17.7. The molecule has 2 aromatic carbocycles. The van der Waals surface area contributed by atoms with Crippen molar-refractivity contribution < 1.29 is 13.2 Å². The minimum atomic E-state index is -3.70. The maximum atomic E-state index is 12.9. The summed E-state index contributed by atoms with van der Waals surface area (Å²) in [5.41, 5.74) is 1.02. The fourth-order valence-electron chi connectivity index (χ4n) is 3.17. The summed E-state index contributed by atoms with van der Waals surface area (Å²) in [5, 5.41) is 3.51. The molecule has 1 unspecified atom stereocenters. The van der Waals surface area contributed by atoms with E-state index in [2.05, 4.69) is 21.2 Å². The number of halogens is 2. The lowest BCUT2D eigenvalue weighted by Gasteiger charge is -2.23. The highest BCUT2D eigenvalue weighted by Gasteiger charge is 2.39. The Labute approximate surface area is 172 Å². The largest absolute Gasteiger partial charge is 0.354 e. The van der Waals surface area contributed by atoms with Gasteiger partial charge >= 0.3 is 0 Å². The molecule has 0 spiro atoms. The Hall–Kier alpha value is -1.41. The standard InChI is InChI=1S/C19H20BrClN2O3S/c20-15-6-8-17(9-7-15)27(25,26)23-12-2-5-18(23)19(24)22-11-10-14-3-1-4-16(21)13-14/h1,3-4,6-9,13,18H,2,5,10-12H2,(H,22,24). The number of sulfonamides is 1. The van der Waals surface area contributed by atoms with E-state index in [4.69, 9.17) is 11.6 Å². The highest BCUT2D eigenvalue weighted by atomic mass is 79.9. The molecule has 0 aromatic heterocycles. The Balaban J connectivity index is 1.64. The SMILES string of the molecule is O=C(NCCc1cccc(Cl)c1)C1CCCN1S(=O)(=O)c1ccc(Br)cc1. The summed E-state index contributed by atoms with van der Waals surface area (Å²) in [4.78, 5) is 12.8. The van der Waals surface area contributed by atoms with Crippen molar-refractivity contribution in [2.45, 2.75) is 30.2 Å². The summed E-state index contributed by atoms with van der Waals surface area (Å²) in [5.74, 6) is -0.254. The van der Waals surface area contributed by atoms with E-state index < -0.39 is 16.1 Å². The van der Waals surface area contributed by atoms with Crippen LogP contribution in [0.2, 0.25) is 5.02 Å².